The van der Waals surface area contributed by atoms with Gasteiger partial charge in [-0.2, -0.15) is 5.10 Å². The zero-order valence-electron chi connectivity index (χ0n) is 23.5. The number of carbonyl (C=O) groups excluding carboxylic acids is 3. The van der Waals surface area contributed by atoms with Crippen molar-refractivity contribution in [3.05, 3.63) is 101 Å². The molecule has 218 valence electrons. The minimum Gasteiger partial charge on any atom is -0.493 e. The van der Waals surface area contributed by atoms with Gasteiger partial charge in [0.25, 0.3) is 5.91 Å². The number of nitrogens with one attached hydrogen (secondary N) is 3. The summed E-state index contributed by atoms with van der Waals surface area (Å²) in [6, 6.07) is 20.8. The van der Waals surface area contributed by atoms with Gasteiger partial charge in [-0.25, -0.2) is 15.0 Å². The fourth-order valence-electron chi connectivity index (χ4n) is 4.19. The van der Waals surface area contributed by atoms with Gasteiger partial charge in [0.1, 0.15) is 12.4 Å². The van der Waals surface area contributed by atoms with E-state index >= 15 is 0 Å². The van der Waals surface area contributed by atoms with Gasteiger partial charge in [0.15, 0.2) is 18.1 Å². The highest BCUT2D eigenvalue weighted by Gasteiger charge is 2.32. The maximum atomic E-state index is 12.6. The summed E-state index contributed by atoms with van der Waals surface area (Å²) in [5.74, 6) is 0.252. The van der Waals surface area contributed by atoms with Crippen LogP contribution in [-0.4, -0.2) is 44.4 Å². The molecule has 1 heterocycles. The second kappa shape index (κ2) is 14.4. The van der Waals surface area contributed by atoms with Gasteiger partial charge in [0.2, 0.25) is 0 Å². The molecule has 3 N–H and O–H groups in total. The molecule has 42 heavy (non-hydrogen) atoms. The van der Waals surface area contributed by atoms with E-state index in [1.807, 2.05) is 54.6 Å². The topological polar surface area (TPSA) is 137 Å². The lowest BCUT2D eigenvalue weighted by molar-refractivity contribution is -0.139. The molecule has 0 fully saturated rings. The number of hydrazone groups is 1. The standard InChI is InChI=1S/C31H32N4O7/c1-4-40-30(37)28-20(2)33-31(38)34-29(28)23-13-14-25(26(16-23)39-3)42-19-27(36)35-32-17-22-11-8-12-24(15-22)41-18-21-9-6-5-7-10-21/h5-17,29H,4,18-19H2,1-3H3,(H,35,36)(H2,33,34,38)/b32-17+/t29-/m1/s1. The number of urea groups is 1. The molecule has 11 nitrogen and oxygen atoms in total. The zero-order valence-corrected chi connectivity index (χ0v) is 23.5. The van der Waals surface area contributed by atoms with Crippen LogP contribution in [0, 0.1) is 0 Å². The molecule has 0 saturated heterocycles. The van der Waals surface area contributed by atoms with Crippen LogP contribution in [0.3, 0.4) is 0 Å². The SMILES string of the molecule is CCOC(=O)C1=C(C)NC(=O)N[C@@H]1c1ccc(OCC(=O)N/N=C/c2cccc(OCc3ccccc3)c2)c(OC)c1. The van der Waals surface area contributed by atoms with E-state index in [9.17, 15) is 14.4 Å². The van der Waals surface area contributed by atoms with E-state index < -0.39 is 23.9 Å². The molecular weight excluding hydrogens is 540 g/mol. The van der Waals surface area contributed by atoms with Gasteiger partial charge >= 0.3 is 12.0 Å². The second-order valence-electron chi connectivity index (χ2n) is 9.13. The molecule has 1 aliphatic rings. The van der Waals surface area contributed by atoms with E-state index in [-0.39, 0.29) is 18.8 Å². The van der Waals surface area contributed by atoms with Gasteiger partial charge in [-0.3, -0.25) is 4.79 Å². The Kier molecular flexibility index (Phi) is 10.1. The molecule has 3 amide bonds. The summed E-state index contributed by atoms with van der Waals surface area (Å²) in [7, 11) is 1.45. The lowest BCUT2D eigenvalue weighted by atomic mass is 9.95. The van der Waals surface area contributed by atoms with Crippen molar-refractivity contribution < 1.29 is 33.3 Å². The Morgan fingerprint density at radius 3 is 2.57 bits per heavy atom. The van der Waals surface area contributed by atoms with Crippen molar-refractivity contribution >= 4 is 24.1 Å². The van der Waals surface area contributed by atoms with Gasteiger partial charge < -0.3 is 29.6 Å². The quantitative estimate of drug-likeness (QED) is 0.170. The molecule has 0 aromatic heterocycles. The average molecular weight is 573 g/mol. The van der Waals surface area contributed by atoms with Crippen molar-refractivity contribution in [1.82, 2.24) is 16.1 Å². The minimum atomic E-state index is -0.763. The summed E-state index contributed by atoms with van der Waals surface area (Å²) in [6.07, 6.45) is 1.51. The van der Waals surface area contributed by atoms with Crippen molar-refractivity contribution in [3.8, 4) is 17.2 Å². The molecule has 3 aromatic rings. The molecule has 1 aliphatic heterocycles. The fraction of sp³-hybridized carbons (Fsp3) is 0.226. The van der Waals surface area contributed by atoms with E-state index in [2.05, 4.69) is 21.2 Å². The number of rotatable bonds is 12. The van der Waals surface area contributed by atoms with Crippen molar-refractivity contribution in [3.63, 3.8) is 0 Å². The summed E-state index contributed by atoms with van der Waals surface area (Å²) in [5, 5.41) is 9.33. The molecule has 0 bridgehead atoms. The summed E-state index contributed by atoms with van der Waals surface area (Å²) < 4.78 is 22.1. The number of carbonyl (C=O) groups is 3. The first-order valence-electron chi connectivity index (χ1n) is 13.2. The first-order chi connectivity index (χ1) is 20.4. The normalized spacial score (nSPS) is 14.5. The average Bonchev–Trinajstić information content (AvgIpc) is 2.99. The first-order valence-corrected chi connectivity index (χ1v) is 13.2. The lowest BCUT2D eigenvalue weighted by Crippen LogP contribution is -2.45. The van der Waals surface area contributed by atoms with E-state index in [0.29, 0.717) is 35.1 Å². The number of methoxy groups -OCH3 is 1. The van der Waals surface area contributed by atoms with E-state index in [4.69, 9.17) is 18.9 Å². The molecular formula is C31H32N4O7. The molecule has 1 atom stereocenters. The molecule has 0 saturated carbocycles. The lowest BCUT2D eigenvalue weighted by Gasteiger charge is -2.28. The summed E-state index contributed by atoms with van der Waals surface area (Å²) in [6.45, 7) is 3.63. The van der Waals surface area contributed by atoms with Gasteiger partial charge in [0, 0.05) is 5.70 Å². The smallest absolute Gasteiger partial charge is 0.338 e. The molecule has 0 radical (unpaired) electrons. The third kappa shape index (κ3) is 7.87. The van der Waals surface area contributed by atoms with E-state index in [1.165, 1.54) is 13.3 Å². The van der Waals surface area contributed by atoms with Crippen molar-refractivity contribution in [1.29, 1.82) is 0 Å². The number of amides is 3. The molecule has 0 aliphatic carbocycles. The summed E-state index contributed by atoms with van der Waals surface area (Å²) >= 11 is 0. The first kappa shape index (κ1) is 29.7. The fourth-order valence-corrected chi connectivity index (χ4v) is 4.19. The number of benzene rings is 3. The van der Waals surface area contributed by atoms with Crippen LogP contribution in [0.1, 0.15) is 36.6 Å². The van der Waals surface area contributed by atoms with E-state index in [1.54, 1.807) is 32.0 Å². The predicted molar refractivity (Wildman–Crippen MR) is 155 cm³/mol. The Balaban J connectivity index is 1.34. The Bertz CT molecular complexity index is 1490. The van der Waals surface area contributed by atoms with Crippen molar-refractivity contribution in [2.75, 3.05) is 20.3 Å². The Morgan fingerprint density at radius 1 is 1.00 bits per heavy atom. The maximum absolute atomic E-state index is 12.6. The number of hydrogen-bond acceptors (Lipinski definition) is 8. The Labute approximate surface area is 243 Å². The number of esters is 1. The Hall–Kier alpha value is -5.32. The number of allylic oxidation sites excluding steroid dienone is 1. The van der Waals surface area contributed by atoms with Crippen LogP contribution in [0.15, 0.2) is 89.2 Å². The summed E-state index contributed by atoms with van der Waals surface area (Å²) in [5.41, 5.74) is 5.47. The van der Waals surface area contributed by atoms with Gasteiger partial charge in [0.05, 0.1) is 31.5 Å². The molecule has 11 heteroatoms. The summed E-state index contributed by atoms with van der Waals surface area (Å²) in [4.78, 5) is 37.1. The zero-order chi connectivity index (χ0) is 29.9. The maximum Gasteiger partial charge on any atom is 0.338 e. The van der Waals surface area contributed by atoms with Crippen LogP contribution in [0.5, 0.6) is 17.2 Å². The monoisotopic (exact) mass is 572 g/mol. The molecule has 4 rings (SSSR count). The number of ether oxygens (including phenoxy) is 4. The highest BCUT2D eigenvalue weighted by Crippen LogP contribution is 2.34. The van der Waals surface area contributed by atoms with Crippen LogP contribution in [-0.2, 0) is 20.9 Å². The van der Waals surface area contributed by atoms with Gasteiger partial charge in [-0.15, -0.1) is 0 Å². The molecule has 0 spiro atoms. The van der Waals surface area contributed by atoms with Crippen LogP contribution in [0.25, 0.3) is 0 Å². The number of hydrogen-bond donors (Lipinski definition) is 3. The van der Waals surface area contributed by atoms with Crippen LogP contribution >= 0.6 is 0 Å². The number of nitrogens with zero attached hydrogens (tertiary/aromatic N) is 1. The van der Waals surface area contributed by atoms with Gasteiger partial charge in [-0.05, 0) is 54.8 Å². The van der Waals surface area contributed by atoms with Crippen molar-refractivity contribution in [2.45, 2.75) is 26.5 Å². The minimum absolute atomic E-state index is 0.189. The predicted octanol–water partition coefficient (Wildman–Crippen LogP) is 3.99. The highest BCUT2D eigenvalue weighted by molar-refractivity contribution is 5.95. The third-order valence-electron chi connectivity index (χ3n) is 6.15. The molecule has 3 aromatic carbocycles. The highest BCUT2D eigenvalue weighted by atomic mass is 16.5. The van der Waals surface area contributed by atoms with Gasteiger partial charge in [-0.1, -0.05) is 48.5 Å². The Morgan fingerprint density at radius 2 is 1.81 bits per heavy atom. The largest absolute Gasteiger partial charge is 0.493 e. The molecule has 0 unspecified atom stereocenters. The van der Waals surface area contributed by atoms with Crippen LogP contribution in [0.2, 0.25) is 0 Å². The second-order valence-corrected chi connectivity index (χ2v) is 9.13. The third-order valence-corrected chi connectivity index (χ3v) is 6.15. The van der Waals surface area contributed by atoms with Crippen molar-refractivity contribution in [2.24, 2.45) is 5.10 Å². The van der Waals surface area contributed by atoms with Crippen LogP contribution < -0.4 is 30.3 Å². The van der Waals surface area contributed by atoms with E-state index in [0.717, 1.165) is 11.1 Å². The van der Waals surface area contributed by atoms with Crippen LogP contribution in [0.4, 0.5) is 4.79 Å².